The highest BCUT2D eigenvalue weighted by atomic mass is 16.5. The van der Waals surface area contributed by atoms with E-state index >= 15 is 0 Å². The lowest BCUT2D eigenvalue weighted by atomic mass is 10.0. The van der Waals surface area contributed by atoms with Crippen molar-refractivity contribution in [2.24, 2.45) is 0 Å². The Bertz CT molecular complexity index is 685. The molecule has 0 aliphatic heterocycles. The average molecular weight is 294 g/mol. The average Bonchev–Trinajstić information content (AvgIpc) is 2.53. The third-order valence-corrected chi connectivity index (χ3v) is 3.23. The van der Waals surface area contributed by atoms with Crippen LogP contribution in [0.2, 0.25) is 0 Å². The van der Waals surface area contributed by atoms with Crippen molar-refractivity contribution in [2.45, 2.75) is 19.8 Å². The van der Waals surface area contributed by atoms with Gasteiger partial charge in [-0.25, -0.2) is 0 Å². The predicted octanol–water partition coefficient (Wildman–Crippen LogP) is 3.70. The molecule has 112 valence electrons. The van der Waals surface area contributed by atoms with E-state index in [1.54, 1.807) is 24.3 Å². The van der Waals surface area contributed by atoms with Gasteiger partial charge in [0.25, 0.3) is 5.91 Å². The number of benzene rings is 2. The first-order chi connectivity index (χ1) is 10.6. The van der Waals surface area contributed by atoms with Crippen molar-refractivity contribution in [1.29, 1.82) is 5.26 Å². The van der Waals surface area contributed by atoms with Crippen LogP contribution in [0.25, 0.3) is 0 Å². The third kappa shape index (κ3) is 4.10. The minimum atomic E-state index is -0.259. The summed E-state index contributed by atoms with van der Waals surface area (Å²) in [4.78, 5) is 11.9. The number of hydrogen-bond acceptors (Lipinski definition) is 3. The summed E-state index contributed by atoms with van der Waals surface area (Å²) < 4.78 is 5.39. The normalized spacial score (nSPS) is 10.1. The second kappa shape index (κ2) is 7.28. The molecule has 4 nitrogen and oxygen atoms in total. The molecule has 0 bridgehead atoms. The molecule has 2 aromatic carbocycles. The van der Waals surface area contributed by atoms with Crippen molar-refractivity contribution in [3.63, 3.8) is 0 Å². The number of carbonyl (C=O) groups is 1. The Hall–Kier alpha value is -2.80. The Labute approximate surface area is 130 Å². The van der Waals surface area contributed by atoms with Gasteiger partial charge in [-0.05, 0) is 35.7 Å². The summed E-state index contributed by atoms with van der Waals surface area (Å²) >= 11 is 0. The molecule has 0 aliphatic carbocycles. The molecule has 1 N–H and O–H groups in total. The van der Waals surface area contributed by atoms with Crippen molar-refractivity contribution in [1.82, 2.24) is 0 Å². The quantitative estimate of drug-likeness (QED) is 0.914. The number of ether oxygens (including phenoxy) is 1. The van der Waals surface area contributed by atoms with E-state index in [0.29, 0.717) is 17.2 Å². The van der Waals surface area contributed by atoms with Crippen LogP contribution in [-0.4, -0.2) is 12.5 Å². The summed E-state index contributed by atoms with van der Waals surface area (Å²) in [7, 11) is 0. The molecule has 0 spiro atoms. The van der Waals surface area contributed by atoms with E-state index in [2.05, 4.69) is 19.2 Å². The van der Waals surface area contributed by atoms with Gasteiger partial charge >= 0.3 is 0 Å². The first-order valence-electron chi connectivity index (χ1n) is 7.12. The van der Waals surface area contributed by atoms with E-state index in [1.807, 2.05) is 30.3 Å². The van der Waals surface area contributed by atoms with Crippen LogP contribution in [-0.2, 0) is 4.79 Å². The van der Waals surface area contributed by atoms with Gasteiger partial charge in [-0.2, -0.15) is 5.26 Å². The maximum atomic E-state index is 11.9. The summed E-state index contributed by atoms with van der Waals surface area (Å²) in [6, 6.07) is 16.6. The van der Waals surface area contributed by atoms with Crippen molar-refractivity contribution >= 4 is 11.6 Å². The highest BCUT2D eigenvalue weighted by Gasteiger charge is 2.07. The van der Waals surface area contributed by atoms with Crippen LogP contribution >= 0.6 is 0 Å². The summed E-state index contributed by atoms with van der Waals surface area (Å²) in [6.45, 7) is 4.10. The van der Waals surface area contributed by atoms with Gasteiger partial charge in [0.05, 0.1) is 5.56 Å². The molecule has 0 saturated heterocycles. The van der Waals surface area contributed by atoms with Gasteiger partial charge in [0.15, 0.2) is 6.61 Å². The van der Waals surface area contributed by atoms with Gasteiger partial charge in [-0.15, -0.1) is 0 Å². The van der Waals surface area contributed by atoms with Crippen LogP contribution in [0.5, 0.6) is 5.75 Å². The summed E-state index contributed by atoms with van der Waals surface area (Å²) in [5.41, 5.74) is 2.36. The number of para-hydroxylation sites is 1. The SMILES string of the molecule is CC(C)c1ccc(NC(=O)COc2ccccc2C#N)cc1. The molecule has 22 heavy (non-hydrogen) atoms. The molecule has 0 aliphatic rings. The van der Waals surface area contributed by atoms with Crippen molar-refractivity contribution in [3.05, 3.63) is 59.7 Å². The number of carbonyl (C=O) groups excluding carboxylic acids is 1. The summed E-state index contributed by atoms with van der Waals surface area (Å²) in [5.74, 6) is 0.607. The summed E-state index contributed by atoms with van der Waals surface area (Å²) in [6.07, 6.45) is 0. The Morgan fingerprint density at radius 3 is 2.50 bits per heavy atom. The molecule has 0 heterocycles. The van der Waals surface area contributed by atoms with Gasteiger partial charge < -0.3 is 10.1 Å². The monoisotopic (exact) mass is 294 g/mol. The lowest BCUT2D eigenvalue weighted by molar-refractivity contribution is -0.118. The van der Waals surface area contributed by atoms with Gasteiger partial charge in [-0.1, -0.05) is 38.1 Å². The van der Waals surface area contributed by atoms with Gasteiger partial charge in [0.1, 0.15) is 11.8 Å². The topological polar surface area (TPSA) is 62.1 Å². The predicted molar refractivity (Wildman–Crippen MR) is 85.8 cm³/mol. The minimum Gasteiger partial charge on any atom is -0.482 e. The van der Waals surface area contributed by atoms with Crippen LogP contribution in [0.15, 0.2) is 48.5 Å². The number of nitriles is 1. The molecule has 0 aromatic heterocycles. The minimum absolute atomic E-state index is 0.134. The van der Waals surface area contributed by atoms with Crippen molar-refractivity contribution in [2.75, 3.05) is 11.9 Å². The molecule has 0 fully saturated rings. The lowest BCUT2D eigenvalue weighted by Gasteiger charge is -2.10. The molecule has 2 aromatic rings. The molecule has 0 atom stereocenters. The fraction of sp³-hybridized carbons (Fsp3) is 0.222. The van der Waals surface area contributed by atoms with Crippen LogP contribution < -0.4 is 10.1 Å². The molecule has 0 radical (unpaired) electrons. The lowest BCUT2D eigenvalue weighted by Crippen LogP contribution is -2.20. The first kappa shape index (κ1) is 15.6. The zero-order valence-electron chi connectivity index (χ0n) is 12.7. The Morgan fingerprint density at radius 1 is 1.18 bits per heavy atom. The van der Waals surface area contributed by atoms with Crippen molar-refractivity contribution in [3.8, 4) is 11.8 Å². The van der Waals surface area contributed by atoms with Crippen LogP contribution in [0, 0.1) is 11.3 Å². The van der Waals surface area contributed by atoms with E-state index < -0.39 is 0 Å². The number of hydrogen-bond donors (Lipinski definition) is 1. The van der Waals surface area contributed by atoms with E-state index in [0.717, 1.165) is 5.69 Å². The zero-order valence-corrected chi connectivity index (χ0v) is 12.7. The fourth-order valence-corrected chi connectivity index (χ4v) is 1.98. The number of rotatable bonds is 5. The zero-order chi connectivity index (χ0) is 15.9. The molecule has 4 heteroatoms. The Kier molecular flexibility index (Phi) is 5.16. The standard InChI is InChI=1S/C18H18N2O2/c1-13(2)14-7-9-16(10-8-14)20-18(21)12-22-17-6-4-3-5-15(17)11-19/h3-10,13H,12H2,1-2H3,(H,20,21). The largest absolute Gasteiger partial charge is 0.482 e. The van der Waals surface area contributed by atoms with E-state index in [4.69, 9.17) is 10.00 Å². The number of nitrogens with zero attached hydrogens (tertiary/aromatic N) is 1. The van der Waals surface area contributed by atoms with E-state index in [1.165, 1.54) is 5.56 Å². The van der Waals surface area contributed by atoms with E-state index in [9.17, 15) is 4.79 Å². The first-order valence-corrected chi connectivity index (χ1v) is 7.12. The second-order valence-corrected chi connectivity index (χ2v) is 5.22. The number of anilines is 1. The van der Waals surface area contributed by atoms with Crippen molar-refractivity contribution < 1.29 is 9.53 Å². The third-order valence-electron chi connectivity index (χ3n) is 3.23. The molecule has 0 saturated carbocycles. The Morgan fingerprint density at radius 2 is 1.86 bits per heavy atom. The van der Waals surface area contributed by atoms with Crippen LogP contribution in [0.1, 0.15) is 30.9 Å². The maximum absolute atomic E-state index is 11.9. The number of nitrogens with one attached hydrogen (secondary N) is 1. The summed E-state index contributed by atoms with van der Waals surface area (Å²) in [5, 5.41) is 11.7. The highest BCUT2D eigenvalue weighted by Crippen LogP contribution is 2.18. The Balaban J connectivity index is 1.92. The molecular formula is C18H18N2O2. The molecular weight excluding hydrogens is 276 g/mol. The smallest absolute Gasteiger partial charge is 0.262 e. The maximum Gasteiger partial charge on any atom is 0.262 e. The van der Waals surface area contributed by atoms with Gasteiger partial charge in [0.2, 0.25) is 0 Å². The highest BCUT2D eigenvalue weighted by molar-refractivity contribution is 5.91. The van der Waals surface area contributed by atoms with E-state index in [-0.39, 0.29) is 12.5 Å². The molecule has 2 rings (SSSR count). The van der Waals surface area contributed by atoms with Crippen LogP contribution in [0.4, 0.5) is 5.69 Å². The second-order valence-electron chi connectivity index (χ2n) is 5.22. The van der Waals surface area contributed by atoms with Crippen LogP contribution in [0.3, 0.4) is 0 Å². The number of amides is 1. The fourth-order valence-electron chi connectivity index (χ4n) is 1.98. The molecule has 0 unspecified atom stereocenters. The van der Waals surface area contributed by atoms with Gasteiger partial charge in [0, 0.05) is 5.69 Å². The molecule has 1 amide bonds. The van der Waals surface area contributed by atoms with Gasteiger partial charge in [-0.3, -0.25) is 4.79 Å².